The highest BCUT2D eigenvalue weighted by Crippen LogP contribution is 2.28. The van der Waals surface area contributed by atoms with Crippen LogP contribution >= 0.6 is 11.6 Å². The van der Waals surface area contributed by atoms with Gasteiger partial charge >= 0.3 is 0 Å². The zero-order chi connectivity index (χ0) is 19.7. The van der Waals surface area contributed by atoms with Crippen molar-refractivity contribution in [1.29, 1.82) is 0 Å². The van der Waals surface area contributed by atoms with Crippen LogP contribution in [0.15, 0.2) is 41.5 Å². The molecule has 0 aromatic carbocycles. The van der Waals surface area contributed by atoms with E-state index in [-0.39, 0.29) is 17.7 Å². The van der Waals surface area contributed by atoms with Gasteiger partial charge < -0.3 is 20.3 Å². The van der Waals surface area contributed by atoms with Crippen molar-refractivity contribution in [1.82, 2.24) is 14.5 Å². The molecule has 146 valence electrons. The van der Waals surface area contributed by atoms with E-state index in [0.29, 0.717) is 27.9 Å². The molecule has 4 rings (SSSR count). The molecule has 0 spiro atoms. The normalized spacial score (nSPS) is 19.5. The average molecular weight is 400 g/mol. The fraction of sp³-hybridized carbons (Fsp3) is 0.350. The molecular formula is C20H22ClN5O2. The van der Waals surface area contributed by atoms with Gasteiger partial charge in [-0.3, -0.25) is 4.79 Å². The first-order chi connectivity index (χ1) is 13.5. The zero-order valence-electron chi connectivity index (χ0n) is 15.5. The monoisotopic (exact) mass is 399 g/mol. The number of hydrogen-bond donors (Lipinski definition) is 3. The quantitative estimate of drug-likeness (QED) is 0.622. The topological polar surface area (TPSA) is 92.1 Å². The van der Waals surface area contributed by atoms with E-state index < -0.39 is 0 Å². The van der Waals surface area contributed by atoms with Crippen LogP contribution in [-0.2, 0) is 7.05 Å². The molecule has 1 fully saturated rings. The van der Waals surface area contributed by atoms with E-state index in [1.54, 1.807) is 36.1 Å². The molecule has 3 heterocycles. The second-order valence-corrected chi connectivity index (χ2v) is 7.62. The second-order valence-electron chi connectivity index (χ2n) is 7.19. The summed E-state index contributed by atoms with van der Waals surface area (Å²) in [7, 11) is 1.73. The summed E-state index contributed by atoms with van der Waals surface area (Å²) in [5.41, 5.74) is -0.101. The molecule has 0 aliphatic heterocycles. The van der Waals surface area contributed by atoms with E-state index in [1.807, 2.05) is 12.1 Å². The largest absolute Gasteiger partial charge is 0.393 e. The Kier molecular flexibility index (Phi) is 5.19. The Balaban J connectivity index is 1.73. The highest BCUT2D eigenvalue weighted by atomic mass is 35.5. The first-order valence-corrected chi connectivity index (χ1v) is 9.71. The molecule has 1 aliphatic carbocycles. The summed E-state index contributed by atoms with van der Waals surface area (Å²) in [5, 5.41) is 18.3. The minimum atomic E-state index is -0.238. The maximum absolute atomic E-state index is 12.7. The summed E-state index contributed by atoms with van der Waals surface area (Å²) in [5.74, 6) is 1.70. The number of nitrogens with zero attached hydrogens (tertiary/aromatic N) is 3. The number of aliphatic hydroxyl groups excluding tert-OH is 1. The zero-order valence-corrected chi connectivity index (χ0v) is 16.3. The van der Waals surface area contributed by atoms with Crippen LogP contribution in [0.3, 0.4) is 0 Å². The number of aryl methyl sites for hydroxylation is 1. The number of fused-ring (bicyclic) bond motifs is 1. The second kappa shape index (κ2) is 7.77. The third-order valence-electron chi connectivity index (χ3n) is 5.08. The fourth-order valence-electron chi connectivity index (χ4n) is 3.54. The third-order valence-corrected chi connectivity index (χ3v) is 5.31. The molecule has 0 radical (unpaired) electrons. The van der Waals surface area contributed by atoms with Crippen LogP contribution in [-0.4, -0.2) is 31.8 Å². The summed E-state index contributed by atoms with van der Waals surface area (Å²) in [6, 6.07) is 7.31. The molecule has 7 nitrogen and oxygen atoms in total. The highest BCUT2D eigenvalue weighted by molar-refractivity contribution is 6.30. The van der Waals surface area contributed by atoms with Crippen LogP contribution in [0.2, 0.25) is 5.02 Å². The standard InChI is InChI=1S/C20H22ClN5O2/c1-26-9-7-12-10-17(24-16-11-13(21)6-8-22-16)25-19(18(12)20(26)28)23-14-2-4-15(27)5-3-14/h6-11,14-15,27H,2-5H2,1H3,(H2,22,23,24,25)/t14-,15+. The van der Waals surface area contributed by atoms with Crippen molar-refractivity contribution in [3.63, 3.8) is 0 Å². The van der Waals surface area contributed by atoms with Crippen molar-refractivity contribution in [3.05, 3.63) is 52.0 Å². The number of nitrogens with one attached hydrogen (secondary N) is 2. The predicted molar refractivity (Wildman–Crippen MR) is 111 cm³/mol. The van der Waals surface area contributed by atoms with Crippen LogP contribution in [0, 0.1) is 0 Å². The molecule has 0 saturated heterocycles. The van der Waals surface area contributed by atoms with Gasteiger partial charge in [-0.1, -0.05) is 11.6 Å². The van der Waals surface area contributed by atoms with Gasteiger partial charge in [0.25, 0.3) is 5.56 Å². The molecule has 0 unspecified atom stereocenters. The van der Waals surface area contributed by atoms with E-state index >= 15 is 0 Å². The lowest BCUT2D eigenvalue weighted by Crippen LogP contribution is -2.29. The lowest BCUT2D eigenvalue weighted by molar-refractivity contribution is 0.126. The smallest absolute Gasteiger partial charge is 0.261 e. The van der Waals surface area contributed by atoms with E-state index in [9.17, 15) is 9.90 Å². The number of pyridine rings is 3. The van der Waals surface area contributed by atoms with Crippen LogP contribution in [0.1, 0.15) is 25.7 Å². The van der Waals surface area contributed by atoms with Crippen molar-refractivity contribution in [3.8, 4) is 0 Å². The molecule has 8 heteroatoms. The Morgan fingerprint density at radius 1 is 1.18 bits per heavy atom. The summed E-state index contributed by atoms with van der Waals surface area (Å²) < 4.78 is 1.55. The Morgan fingerprint density at radius 2 is 1.96 bits per heavy atom. The Hall–Kier alpha value is -2.64. The van der Waals surface area contributed by atoms with Gasteiger partial charge in [0.1, 0.15) is 17.5 Å². The molecule has 3 aromatic heterocycles. The third kappa shape index (κ3) is 3.95. The number of hydrogen-bond acceptors (Lipinski definition) is 6. The van der Waals surface area contributed by atoms with Crippen LogP contribution < -0.4 is 16.2 Å². The van der Waals surface area contributed by atoms with Gasteiger partial charge in [0.2, 0.25) is 0 Å². The average Bonchev–Trinajstić information content (AvgIpc) is 2.66. The number of rotatable bonds is 4. The fourth-order valence-corrected chi connectivity index (χ4v) is 3.70. The van der Waals surface area contributed by atoms with Gasteiger partial charge in [0.05, 0.1) is 11.5 Å². The molecule has 0 amide bonds. The van der Waals surface area contributed by atoms with Crippen LogP contribution in [0.25, 0.3) is 10.8 Å². The molecule has 3 aromatic rings. The van der Waals surface area contributed by atoms with Crippen molar-refractivity contribution in [2.75, 3.05) is 10.6 Å². The van der Waals surface area contributed by atoms with Gasteiger partial charge in [-0.15, -0.1) is 0 Å². The first kappa shape index (κ1) is 18.7. The lowest BCUT2D eigenvalue weighted by atomic mass is 9.93. The summed E-state index contributed by atoms with van der Waals surface area (Å²) in [6.45, 7) is 0. The van der Waals surface area contributed by atoms with Crippen molar-refractivity contribution in [2.45, 2.75) is 37.8 Å². The summed E-state index contributed by atoms with van der Waals surface area (Å²) in [6.07, 6.45) is 6.30. The van der Waals surface area contributed by atoms with E-state index in [2.05, 4.69) is 20.6 Å². The number of aliphatic hydroxyl groups is 1. The first-order valence-electron chi connectivity index (χ1n) is 9.33. The number of anilines is 3. The molecule has 0 atom stereocenters. The Bertz CT molecular complexity index is 1060. The molecule has 3 N–H and O–H groups in total. The number of halogens is 1. The minimum absolute atomic E-state index is 0.101. The van der Waals surface area contributed by atoms with Gasteiger partial charge in [-0.2, -0.15) is 0 Å². The lowest BCUT2D eigenvalue weighted by Gasteiger charge is -2.27. The van der Waals surface area contributed by atoms with Gasteiger partial charge in [-0.05, 0) is 55.3 Å². The van der Waals surface area contributed by atoms with Gasteiger partial charge in [-0.25, -0.2) is 9.97 Å². The van der Waals surface area contributed by atoms with Crippen LogP contribution in [0.5, 0.6) is 0 Å². The molecule has 1 saturated carbocycles. The van der Waals surface area contributed by atoms with E-state index in [4.69, 9.17) is 11.6 Å². The predicted octanol–water partition coefficient (Wildman–Crippen LogP) is 3.44. The molecule has 0 bridgehead atoms. The maximum Gasteiger partial charge on any atom is 0.261 e. The van der Waals surface area contributed by atoms with Gasteiger partial charge in [0.15, 0.2) is 0 Å². The summed E-state index contributed by atoms with van der Waals surface area (Å²) >= 11 is 6.04. The van der Waals surface area contributed by atoms with Crippen molar-refractivity contribution >= 4 is 39.8 Å². The molecule has 28 heavy (non-hydrogen) atoms. The SMILES string of the molecule is Cn1ccc2cc(Nc3cc(Cl)ccn3)nc(N[C@H]3CC[C@@H](O)CC3)c2c1=O. The Labute approximate surface area is 167 Å². The van der Waals surface area contributed by atoms with Gasteiger partial charge in [0, 0.05) is 30.5 Å². The minimum Gasteiger partial charge on any atom is -0.393 e. The summed E-state index contributed by atoms with van der Waals surface area (Å²) in [4.78, 5) is 21.7. The van der Waals surface area contributed by atoms with Crippen molar-refractivity contribution < 1.29 is 5.11 Å². The van der Waals surface area contributed by atoms with Crippen LogP contribution in [0.4, 0.5) is 17.5 Å². The molecule has 1 aliphatic rings. The van der Waals surface area contributed by atoms with E-state index in [0.717, 1.165) is 31.1 Å². The highest BCUT2D eigenvalue weighted by Gasteiger charge is 2.21. The van der Waals surface area contributed by atoms with E-state index in [1.165, 1.54) is 0 Å². The maximum atomic E-state index is 12.7. The number of aromatic nitrogens is 3. The molecular weight excluding hydrogens is 378 g/mol. The Morgan fingerprint density at radius 3 is 2.71 bits per heavy atom. The van der Waals surface area contributed by atoms with Crippen molar-refractivity contribution in [2.24, 2.45) is 7.05 Å².